The Balaban J connectivity index is 2.74. The predicted molar refractivity (Wildman–Crippen MR) is 56.1 cm³/mol. The van der Waals surface area contributed by atoms with E-state index >= 15 is 0 Å². The minimum absolute atomic E-state index is 0.310. The first-order chi connectivity index (χ1) is 7.15. The van der Waals surface area contributed by atoms with Crippen molar-refractivity contribution in [2.75, 3.05) is 6.54 Å². The number of benzene rings is 1. The molecule has 2 aromatic rings. The van der Waals surface area contributed by atoms with Crippen molar-refractivity contribution in [1.82, 2.24) is 4.98 Å². The zero-order valence-corrected chi connectivity index (χ0v) is 7.99. The lowest BCUT2D eigenvalue weighted by atomic mass is 10.1. The van der Waals surface area contributed by atoms with E-state index in [1.165, 1.54) is 6.07 Å². The van der Waals surface area contributed by atoms with Crippen LogP contribution < -0.4 is 5.73 Å². The van der Waals surface area contributed by atoms with Crippen LogP contribution in [0.1, 0.15) is 5.56 Å². The molecule has 2 rings (SSSR count). The number of rotatable bonds is 2. The minimum atomic E-state index is -0.500. The molecule has 0 radical (unpaired) electrons. The minimum Gasteiger partial charge on any atom is -0.504 e. The third-order valence-electron chi connectivity index (χ3n) is 2.39. The zero-order valence-electron chi connectivity index (χ0n) is 7.99. The molecule has 0 spiro atoms. The average molecular weight is 208 g/mol. The third kappa shape index (κ3) is 1.37. The number of aromatic amines is 1. The van der Waals surface area contributed by atoms with E-state index in [2.05, 4.69) is 4.98 Å². The van der Waals surface area contributed by atoms with Gasteiger partial charge in [0.15, 0.2) is 11.5 Å². The molecular formula is C10H12N2O3. The fourth-order valence-corrected chi connectivity index (χ4v) is 1.67. The molecule has 0 saturated carbocycles. The van der Waals surface area contributed by atoms with E-state index < -0.39 is 5.75 Å². The standard InChI is InChI=1S/C10H12N2O3/c11-2-1-5-4-12-6-3-7(13)9(14)10(15)8(5)6/h3-4,12-15H,1-2,11H2. The van der Waals surface area contributed by atoms with Crippen LogP contribution in [0.15, 0.2) is 12.3 Å². The number of aromatic nitrogens is 1. The summed E-state index contributed by atoms with van der Waals surface area (Å²) in [6.45, 7) is 0.452. The van der Waals surface area contributed by atoms with Gasteiger partial charge in [-0.05, 0) is 18.5 Å². The summed E-state index contributed by atoms with van der Waals surface area (Å²) in [6.07, 6.45) is 2.30. The number of H-pyrrole nitrogens is 1. The van der Waals surface area contributed by atoms with E-state index in [-0.39, 0.29) is 11.5 Å². The molecule has 15 heavy (non-hydrogen) atoms. The maximum absolute atomic E-state index is 9.66. The van der Waals surface area contributed by atoms with Crippen molar-refractivity contribution in [2.45, 2.75) is 6.42 Å². The molecule has 1 heterocycles. The summed E-state index contributed by atoms with van der Waals surface area (Å²) in [4.78, 5) is 2.90. The van der Waals surface area contributed by atoms with Crippen molar-refractivity contribution in [3.63, 3.8) is 0 Å². The summed E-state index contributed by atoms with van der Waals surface area (Å²) in [5.41, 5.74) is 6.82. The van der Waals surface area contributed by atoms with Crippen LogP contribution in [0.2, 0.25) is 0 Å². The Morgan fingerprint density at radius 3 is 2.60 bits per heavy atom. The molecule has 5 heteroatoms. The van der Waals surface area contributed by atoms with E-state index in [1.807, 2.05) is 0 Å². The quantitative estimate of drug-likeness (QED) is 0.471. The van der Waals surface area contributed by atoms with Gasteiger partial charge in [0.25, 0.3) is 0 Å². The van der Waals surface area contributed by atoms with E-state index in [0.717, 1.165) is 5.56 Å². The molecule has 0 atom stereocenters. The van der Waals surface area contributed by atoms with Gasteiger partial charge >= 0.3 is 0 Å². The lowest BCUT2D eigenvalue weighted by Gasteiger charge is -2.03. The van der Waals surface area contributed by atoms with Gasteiger partial charge in [0.05, 0.1) is 5.52 Å². The second kappa shape index (κ2) is 3.36. The van der Waals surface area contributed by atoms with Gasteiger partial charge in [-0.1, -0.05) is 0 Å². The highest BCUT2D eigenvalue weighted by Crippen LogP contribution is 2.42. The van der Waals surface area contributed by atoms with Gasteiger partial charge in [-0.25, -0.2) is 0 Å². The summed E-state index contributed by atoms with van der Waals surface area (Å²) in [6, 6.07) is 1.37. The fourth-order valence-electron chi connectivity index (χ4n) is 1.67. The lowest BCUT2D eigenvalue weighted by Crippen LogP contribution is -2.01. The highest BCUT2D eigenvalue weighted by atomic mass is 16.3. The van der Waals surface area contributed by atoms with Gasteiger partial charge in [-0.15, -0.1) is 0 Å². The second-order valence-corrected chi connectivity index (χ2v) is 3.37. The topological polar surface area (TPSA) is 103 Å². The first-order valence-electron chi connectivity index (χ1n) is 4.59. The molecule has 80 valence electrons. The lowest BCUT2D eigenvalue weighted by molar-refractivity contribution is 0.371. The second-order valence-electron chi connectivity index (χ2n) is 3.37. The first kappa shape index (κ1) is 9.67. The molecule has 5 nitrogen and oxygen atoms in total. The van der Waals surface area contributed by atoms with Gasteiger partial charge in [-0.3, -0.25) is 0 Å². The van der Waals surface area contributed by atoms with Crippen molar-refractivity contribution in [2.24, 2.45) is 5.73 Å². The van der Waals surface area contributed by atoms with Crippen molar-refractivity contribution < 1.29 is 15.3 Å². The van der Waals surface area contributed by atoms with E-state index in [9.17, 15) is 15.3 Å². The maximum Gasteiger partial charge on any atom is 0.201 e. The van der Waals surface area contributed by atoms with Gasteiger partial charge in [0.2, 0.25) is 5.75 Å². The molecule has 0 aliphatic heterocycles. The van der Waals surface area contributed by atoms with Gasteiger partial charge in [0.1, 0.15) is 0 Å². The molecule has 0 amide bonds. The fraction of sp³-hybridized carbons (Fsp3) is 0.200. The number of hydrogen-bond donors (Lipinski definition) is 5. The molecular weight excluding hydrogens is 196 g/mol. The van der Waals surface area contributed by atoms with Gasteiger partial charge in [0, 0.05) is 17.6 Å². The van der Waals surface area contributed by atoms with Crippen LogP contribution in [-0.2, 0) is 6.42 Å². The number of nitrogens with one attached hydrogen (secondary N) is 1. The van der Waals surface area contributed by atoms with Crippen LogP contribution in [0.5, 0.6) is 17.2 Å². The van der Waals surface area contributed by atoms with Gasteiger partial charge < -0.3 is 26.0 Å². The van der Waals surface area contributed by atoms with Crippen LogP contribution in [0.25, 0.3) is 10.9 Å². The largest absolute Gasteiger partial charge is 0.504 e. The maximum atomic E-state index is 9.66. The molecule has 0 aliphatic carbocycles. The third-order valence-corrected chi connectivity index (χ3v) is 2.39. The SMILES string of the molecule is NCCc1c[nH]c2cc(O)c(O)c(O)c12. The summed E-state index contributed by atoms with van der Waals surface area (Å²) in [5.74, 6) is -1.16. The van der Waals surface area contributed by atoms with Crippen LogP contribution in [-0.4, -0.2) is 26.8 Å². The predicted octanol–water partition coefficient (Wildman–Crippen LogP) is 0.786. The molecule has 1 aromatic heterocycles. The highest BCUT2D eigenvalue weighted by molar-refractivity contribution is 5.93. The summed E-state index contributed by atoms with van der Waals surface area (Å²) < 4.78 is 0. The van der Waals surface area contributed by atoms with E-state index in [4.69, 9.17) is 5.73 Å². The monoisotopic (exact) mass is 208 g/mol. The van der Waals surface area contributed by atoms with E-state index in [0.29, 0.717) is 23.9 Å². The molecule has 0 unspecified atom stereocenters. The molecule has 0 fully saturated rings. The number of phenolic OH excluding ortho intramolecular Hbond substituents is 3. The van der Waals surface area contributed by atoms with Gasteiger partial charge in [-0.2, -0.15) is 0 Å². The van der Waals surface area contributed by atoms with Crippen molar-refractivity contribution in [3.8, 4) is 17.2 Å². The highest BCUT2D eigenvalue weighted by Gasteiger charge is 2.15. The molecule has 0 saturated heterocycles. The number of aromatic hydroxyl groups is 3. The molecule has 1 aromatic carbocycles. The molecule has 0 bridgehead atoms. The van der Waals surface area contributed by atoms with Crippen LogP contribution in [0, 0.1) is 0 Å². The smallest absolute Gasteiger partial charge is 0.201 e. The number of nitrogens with two attached hydrogens (primary N) is 1. The van der Waals surface area contributed by atoms with Crippen LogP contribution >= 0.6 is 0 Å². The van der Waals surface area contributed by atoms with Crippen molar-refractivity contribution in [3.05, 3.63) is 17.8 Å². The van der Waals surface area contributed by atoms with E-state index in [1.54, 1.807) is 6.20 Å². The molecule has 0 aliphatic rings. The normalized spacial score (nSPS) is 11.0. The Kier molecular flexibility index (Phi) is 2.17. The zero-order chi connectivity index (χ0) is 11.0. The number of hydrogen-bond acceptors (Lipinski definition) is 4. The van der Waals surface area contributed by atoms with Crippen LogP contribution in [0.3, 0.4) is 0 Å². The Morgan fingerprint density at radius 1 is 1.20 bits per heavy atom. The Morgan fingerprint density at radius 2 is 1.93 bits per heavy atom. The molecule has 6 N–H and O–H groups in total. The van der Waals surface area contributed by atoms with Crippen LogP contribution in [0.4, 0.5) is 0 Å². The van der Waals surface area contributed by atoms with Crippen molar-refractivity contribution in [1.29, 1.82) is 0 Å². The Bertz CT molecular complexity index is 505. The summed E-state index contributed by atoms with van der Waals surface area (Å²) >= 11 is 0. The first-order valence-corrected chi connectivity index (χ1v) is 4.59. The summed E-state index contributed by atoms with van der Waals surface area (Å²) in [5, 5.41) is 28.8. The van der Waals surface area contributed by atoms with Crippen molar-refractivity contribution >= 4 is 10.9 Å². The number of phenols is 3. The summed E-state index contributed by atoms with van der Waals surface area (Å²) in [7, 11) is 0. The Labute approximate surface area is 85.8 Å². The average Bonchev–Trinajstić information content (AvgIpc) is 2.59. The Hall–Kier alpha value is -1.88. The number of fused-ring (bicyclic) bond motifs is 1.